The molecule has 0 unspecified atom stereocenters. The number of rotatable bonds is 4. The van der Waals surface area contributed by atoms with Crippen LogP contribution in [0.4, 0.5) is 0 Å². The van der Waals surface area contributed by atoms with Crippen molar-refractivity contribution in [1.82, 2.24) is 24.6 Å². The summed E-state index contributed by atoms with van der Waals surface area (Å²) < 4.78 is 2.00. The zero-order valence-corrected chi connectivity index (χ0v) is 16.3. The Labute approximate surface area is 164 Å². The fourth-order valence-corrected chi connectivity index (χ4v) is 4.78. The van der Waals surface area contributed by atoms with E-state index >= 15 is 0 Å². The second-order valence-corrected chi connectivity index (χ2v) is 7.96. The van der Waals surface area contributed by atoms with E-state index in [9.17, 15) is 4.79 Å². The molecule has 3 aromatic rings. The van der Waals surface area contributed by atoms with Crippen LogP contribution in [0, 0.1) is 0 Å². The molecule has 2 aliphatic rings. The molecule has 28 heavy (non-hydrogen) atoms. The fourth-order valence-electron chi connectivity index (χ4n) is 4.78. The summed E-state index contributed by atoms with van der Waals surface area (Å²) in [5.41, 5.74) is 5.75. The number of aryl methyl sites for hydroxylation is 1. The third-order valence-corrected chi connectivity index (χ3v) is 6.21. The zero-order chi connectivity index (χ0) is 19.1. The van der Waals surface area contributed by atoms with Crippen LogP contribution < -0.4 is 0 Å². The summed E-state index contributed by atoms with van der Waals surface area (Å²) in [5, 5.41) is 4.76. The first-order valence-corrected chi connectivity index (χ1v) is 10.3. The summed E-state index contributed by atoms with van der Waals surface area (Å²) in [4.78, 5) is 24.5. The Hall–Kier alpha value is -2.76. The molecule has 0 aliphatic heterocycles. The number of amides is 1. The summed E-state index contributed by atoms with van der Waals surface area (Å²) in [6.07, 6.45) is 9.43. The molecule has 1 saturated carbocycles. The normalized spacial score (nSPS) is 16.6. The van der Waals surface area contributed by atoms with Crippen molar-refractivity contribution in [2.45, 2.75) is 57.5 Å². The number of hydrogen-bond acceptors (Lipinski definition) is 4. The smallest absolute Gasteiger partial charge is 0.274 e. The van der Waals surface area contributed by atoms with E-state index < -0.39 is 0 Å². The average Bonchev–Trinajstić information content (AvgIpc) is 3.46. The van der Waals surface area contributed by atoms with Gasteiger partial charge in [-0.05, 0) is 49.8 Å². The minimum atomic E-state index is -0.0254. The predicted octanol–water partition coefficient (Wildman–Crippen LogP) is 3.44. The van der Waals surface area contributed by atoms with Crippen LogP contribution >= 0.6 is 0 Å². The summed E-state index contributed by atoms with van der Waals surface area (Å²) in [6, 6.07) is 7.95. The molecule has 0 radical (unpaired) electrons. The van der Waals surface area contributed by atoms with Gasteiger partial charge < -0.3 is 4.90 Å². The average molecular weight is 375 g/mol. The van der Waals surface area contributed by atoms with Gasteiger partial charge in [0.1, 0.15) is 5.69 Å². The highest BCUT2D eigenvalue weighted by Crippen LogP contribution is 2.30. The number of carbonyl (C=O) groups excluding carboxylic acids is 1. The number of carbonyl (C=O) groups is 1. The van der Waals surface area contributed by atoms with E-state index in [-0.39, 0.29) is 11.9 Å². The van der Waals surface area contributed by atoms with Crippen molar-refractivity contribution in [3.05, 3.63) is 53.1 Å². The molecule has 0 saturated heterocycles. The number of aromatic nitrogens is 4. The van der Waals surface area contributed by atoms with Gasteiger partial charge in [0.2, 0.25) is 0 Å². The predicted molar refractivity (Wildman–Crippen MR) is 107 cm³/mol. The van der Waals surface area contributed by atoms with E-state index in [1.165, 1.54) is 30.5 Å². The van der Waals surface area contributed by atoms with Gasteiger partial charge in [-0.15, -0.1) is 0 Å². The summed E-state index contributed by atoms with van der Waals surface area (Å²) >= 11 is 0. The second kappa shape index (κ2) is 7.00. The quantitative estimate of drug-likeness (QED) is 0.701. The number of fused-ring (bicyclic) bond motifs is 2. The lowest BCUT2D eigenvalue weighted by molar-refractivity contribution is 0.0654. The fraction of sp³-hybridized carbons (Fsp3) is 0.455. The van der Waals surface area contributed by atoms with Gasteiger partial charge in [0.15, 0.2) is 0 Å². The lowest BCUT2D eigenvalue weighted by Gasteiger charge is -2.28. The lowest BCUT2D eigenvalue weighted by atomic mass is 10.1. The van der Waals surface area contributed by atoms with Crippen molar-refractivity contribution in [3.8, 4) is 0 Å². The van der Waals surface area contributed by atoms with Crippen LogP contribution in [0.1, 0.15) is 59.5 Å². The Balaban J connectivity index is 1.49. The van der Waals surface area contributed by atoms with Gasteiger partial charge in [0, 0.05) is 18.8 Å². The summed E-state index contributed by atoms with van der Waals surface area (Å²) in [6.45, 7) is 0.571. The van der Waals surface area contributed by atoms with Gasteiger partial charge in [-0.3, -0.25) is 14.5 Å². The molecule has 0 spiro atoms. The Kier molecular flexibility index (Phi) is 4.34. The maximum Gasteiger partial charge on any atom is 0.274 e. The van der Waals surface area contributed by atoms with Crippen LogP contribution in [0.3, 0.4) is 0 Å². The van der Waals surface area contributed by atoms with Gasteiger partial charge in [0.05, 0.1) is 29.5 Å². The highest BCUT2D eigenvalue weighted by Gasteiger charge is 2.31. The van der Waals surface area contributed by atoms with E-state index in [4.69, 9.17) is 5.10 Å². The van der Waals surface area contributed by atoms with E-state index in [0.29, 0.717) is 12.2 Å². The number of para-hydroxylation sites is 2. The standard InChI is InChI=1S/C22H25N5O/c1-26-21-12-6-9-16(21)20(25-26)14-27(15-7-2-3-8-15)22(28)19-13-23-17-10-4-5-11-18(17)24-19/h4-5,10-11,13,15H,2-3,6-9,12,14H2,1H3. The Bertz CT molecular complexity index is 1030. The molecular formula is C22H25N5O. The largest absolute Gasteiger partial charge is 0.328 e. The van der Waals surface area contributed by atoms with Crippen molar-refractivity contribution in [2.24, 2.45) is 7.05 Å². The van der Waals surface area contributed by atoms with Crippen molar-refractivity contribution in [3.63, 3.8) is 0 Å². The van der Waals surface area contributed by atoms with Gasteiger partial charge >= 0.3 is 0 Å². The second-order valence-electron chi connectivity index (χ2n) is 7.96. The van der Waals surface area contributed by atoms with Crippen LogP contribution in [0.25, 0.3) is 11.0 Å². The first-order valence-electron chi connectivity index (χ1n) is 10.3. The van der Waals surface area contributed by atoms with Crippen LogP contribution in [0.2, 0.25) is 0 Å². The summed E-state index contributed by atoms with van der Waals surface area (Å²) in [5.74, 6) is -0.0254. The number of hydrogen-bond donors (Lipinski definition) is 0. The molecular weight excluding hydrogens is 350 g/mol. The Morgan fingerprint density at radius 1 is 1.14 bits per heavy atom. The molecule has 2 heterocycles. The number of benzene rings is 1. The maximum absolute atomic E-state index is 13.5. The van der Waals surface area contributed by atoms with Crippen molar-refractivity contribution in [2.75, 3.05) is 0 Å². The maximum atomic E-state index is 13.5. The molecule has 0 N–H and O–H groups in total. The minimum absolute atomic E-state index is 0.0254. The van der Waals surface area contributed by atoms with E-state index in [2.05, 4.69) is 9.97 Å². The third kappa shape index (κ3) is 2.97. The van der Waals surface area contributed by atoms with Crippen LogP contribution in [-0.4, -0.2) is 36.6 Å². The molecule has 0 bridgehead atoms. The van der Waals surface area contributed by atoms with Gasteiger partial charge in [-0.1, -0.05) is 25.0 Å². The molecule has 1 aromatic carbocycles. The first-order chi connectivity index (χ1) is 13.7. The molecule has 6 nitrogen and oxygen atoms in total. The van der Waals surface area contributed by atoms with Gasteiger partial charge in [-0.25, -0.2) is 4.98 Å². The molecule has 5 rings (SSSR count). The molecule has 1 fully saturated rings. The van der Waals surface area contributed by atoms with Gasteiger partial charge in [0.25, 0.3) is 5.91 Å². The van der Waals surface area contributed by atoms with Crippen LogP contribution in [-0.2, 0) is 26.4 Å². The Morgan fingerprint density at radius 3 is 2.75 bits per heavy atom. The van der Waals surface area contributed by atoms with E-state index in [1.807, 2.05) is 40.9 Å². The van der Waals surface area contributed by atoms with Crippen LogP contribution in [0.15, 0.2) is 30.5 Å². The van der Waals surface area contributed by atoms with Crippen LogP contribution in [0.5, 0.6) is 0 Å². The van der Waals surface area contributed by atoms with Crippen molar-refractivity contribution in [1.29, 1.82) is 0 Å². The molecule has 1 amide bonds. The van der Waals surface area contributed by atoms with Crippen molar-refractivity contribution >= 4 is 16.9 Å². The highest BCUT2D eigenvalue weighted by molar-refractivity contribution is 5.94. The third-order valence-electron chi connectivity index (χ3n) is 6.21. The molecule has 2 aromatic heterocycles. The monoisotopic (exact) mass is 375 g/mol. The van der Waals surface area contributed by atoms with E-state index in [0.717, 1.165) is 42.4 Å². The highest BCUT2D eigenvalue weighted by atomic mass is 16.2. The van der Waals surface area contributed by atoms with Gasteiger partial charge in [-0.2, -0.15) is 5.10 Å². The number of nitrogens with zero attached hydrogens (tertiary/aromatic N) is 5. The van der Waals surface area contributed by atoms with Crippen molar-refractivity contribution < 1.29 is 4.79 Å². The minimum Gasteiger partial charge on any atom is -0.328 e. The SMILES string of the molecule is Cn1nc(CN(C(=O)c2cnc3ccccc3n2)C2CCCC2)c2c1CCC2. The topological polar surface area (TPSA) is 63.9 Å². The molecule has 144 valence electrons. The summed E-state index contributed by atoms with van der Waals surface area (Å²) in [7, 11) is 2.02. The molecule has 2 aliphatic carbocycles. The lowest BCUT2D eigenvalue weighted by Crippen LogP contribution is -2.39. The zero-order valence-electron chi connectivity index (χ0n) is 16.3. The van der Waals surface area contributed by atoms with E-state index in [1.54, 1.807) is 6.20 Å². The molecule has 6 heteroatoms. The Morgan fingerprint density at radius 2 is 1.93 bits per heavy atom. The molecule has 0 atom stereocenters. The first kappa shape index (κ1) is 17.3.